The number of nitro groups is 1. The van der Waals surface area contributed by atoms with Gasteiger partial charge >= 0.3 is 5.97 Å². The number of nitro benzene ring substituents is 1. The fourth-order valence-electron chi connectivity index (χ4n) is 4.03. The van der Waals surface area contributed by atoms with E-state index in [9.17, 15) is 19.7 Å². The van der Waals surface area contributed by atoms with Gasteiger partial charge < -0.3 is 14.2 Å². The van der Waals surface area contributed by atoms with Crippen LogP contribution in [0.2, 0.25) is 0 Å². The van der Waals surface area contributed by atoms with E-state index in [1.54, 1.807) is 49.6 Å². The number of methoxy groups -OCH3 is 1. The molecule has 9 heteroatoms. The van der Waals surface area contributed by atoms with Crippen molar-refractivity contribution in [2.24, 2.45) is 0 Å². The first-order valence-electron chi connectivity index (χ1n) is 12.2. The van der Waals surface area contributed by atoms with Gasteiger partial charge in [-0.15, -0.1) is 0 Å². The lowest BCUT2D eigenvalue weighted by atomic mass is 10.0. The maximum absolute atomic E-state index is 13.1. The third-order valence-electron chi connectivity index (χ3n) is 6.12. The Balaban J connectivity index is 1.28. The van der Waals surface area contributed by atoms with Crippen molar-refractivity contribution in [3.63, 3.8) is 0 Å². The molecule has 0 radical (unpaired) electrons. The molecule has 0 spiro atoms. The summed E-state index contributed by atoms with van der Waals surface area (Å²) < 4.78 is 16.3. The molecule has 198 valence electrons. The first-order chi connectivity index (χ1) is 19.4. The number of nitrogens with zero attached hydrogens (tertiary/aromatic N) is 2. The number of carbonyl (C=O) groups excluding carboxylic acids is 2. The summed E-state index contributed by atoms with van der Waals surface area (Å²) in [5.41, 5.74) is 2.60. The van der Waals surface area contributed by atoms with E-state index in [4.69, 9.17) is 14.2 Å². The van der Waals surface area contributed by atoms with E-state index in [2.05, 4.69) is 4.98 Å². The van der Waals surface area contributed by atoms with Gasteiger partial charge in [0, 0.05) is 28.6 Å². The number of benzene rings is 4. The average Bonchev–Trinajstić information content (AvgIpc) is 2.99. The molecule has 9 nitrogen and oxygen atoms in total. The zero-order chi connectivity index (χ0) is 28.1. The smallest absolute Gasteiger partial charge is 0.339 e. The van der Waals surface area contributed by atoms with Crippen LogP contribution in [0.5, 0.6) is 17.2 Å². The van der Waals surface area contributed by atoms with E-state index in [-0.39, 0.29) is 11.5 Å². The number of ether oxygens (including phenoxy) is 3. The van der Waals surface area contributed by atoms with Gasteiger partial charge in [0.2, 0.25) is 0 Å². The Morgan fingerprint density at radius 2 is 1.45 bits per heavy atom. The van der Waals surface area contributed by atoms with Crippen LogP contribution in [0, 0.1) is 10.1 Å². The monoisotopic (exact) mass is 534 g/mol. The summed E-state index contributed by atoms with van der Waals surface area (Å²) in [6, 6.07) is 28.2. The number of fused-ring (bicyclic) bond motifs is 1. The summed E-state index contributed by atoms with van der Waals surface area (Å²) >= 11 is 0. The minimum atomic E-state index is -0.639. The molecule has 0 saturated heterocycles. The maximum atomic E-state index is 13.1. The number of esters is 1. The Bertz CT molecular complexity index is 1700. The van der Waals surface area contributed by atoms with Crippen molar-refractivity contribution in [1.82, 2.24) is 4.98 Å². The van der Waals surface area contributed by atoms with Gasteiger partial charge in [0.15, 0.2) is 12.4 Å². The summed E-state index contributed by atoms with van der Waals surface area (Å²) in [6.07, 6.45) is 0. The molecule has 0 saturated carbocycles. The third kappa shape index (κ3) is 5.78. The van der Waals surface area contributed by atoms with Gasteiger partial charge in [0.1, 0.15) is 17.2 Å². The van der Waals surface area contributed by atoms with Gasteiger partial charge in [-0.3, -0.25) is 14.9 Å². The van der Waals surface area contributed by atoms with Crippen molar-refractivity contribution in [2.45, 2.75) is 0 Å². The number of para-hydroxylation sites is 1. The van der Waals surface area contributed by atoms with Crippen LogP contribution < -0.4 is 9.47 Å². The standard InChI is InChI=1S/C31H22N2O7/c1-38-23-12-6-20(7-13-23)29-18-27(26-4-2-3-5-28(26)32-29)31(35)39-19-30(34)21-8-14-24(15-9-21)40-25-16-10-22(11-17-25)33(36)37/h2-18H,19H2,1H3. The lowest BCUT2D eigenvalue weighted by molar-refractivity contribution is -0.384. The molecule has 0 N–H and O–H groups in total. The van der Waals surface area contributed by atoms with Crippen LogP contribution in [0.1, 0.15) is 20.7 Å². The van der Waals surface area contributed by atoms with Crippen molar-refractivity contribution in [1.29, 1.82) is 0 Å². The SMILES string of the molecule is COc1ccc(-c2cc(C(=O)OCC(=O)c3ccc(Oc4ccc([N+](=O)[O-])cc4)cc3)c3ccccc3n2)cc1. The summed E-state index contributed by atoms with van der Waals surface area (Å²) in [6.45, 7) is -0.449. The molecule has 0 bridgehead atoms. The second-order valence-electron chi connectivity index (χ2n) is 8.68. The van der Waals surface area contributed by atoms with Crippen LogP contribution in [0.15, 0.2) is 103 Å². The molecular weight excluding hydrogens is 512 g/mol. The molecular formula is C31H22N2O7. The van der Waals surface area contributed by atoms with Gasteiger partial charge in [0.05, 0.1) is 28.8 Å². The van der Waals surface area contributed by atoms with Crippen molar-refractivity contribution in [3.8, 4) is 28.5 Å². The van der Waals surface area contributed by atoms with Crippen LogP contribution in [-0.2, 0) is 4.74 Å². The lowest BCUT2D eigenvalue weighted by Crippen LogP contribution is -2.15. The zero-order valence-electron chi connectivity index (χ0n) is 21.3. The topological polar surface area (TPSA) is 118 Å². The molecule has 0 atom stereocenters. The first kappa shape index (κ1) is 26.1. The fourth-order valence-corrected chi connectivity index (χ4v) is 4.03. The molecule has 0 aliphatic heterocycles. The lowest BCUT2D eigenvalue weighted by Gasteiger charge is -2.11. The van der Waals surface area contributed by atoms with Gasteiger partial charge in [-0.2, -0.15) is 0 Å². The largest absolute Gasteiger partial charge is 0.497 e. The van der Waals surface area contributed by atoms with Gasteiger partial charge in [-0.1, -0.05) is 18.2 Å². The van der Waals surface area contributed by atoms with Crippen LogP contribution in [0.4, 0.5) is 5.69 Å². The summed E-state index contributed by atoms with van der Waals surface area (Å²) in [7, 11) is 1.59. The van der Waals surface area contributed by atoms with Gasteiger partial charge in [-0.05, 0) is 72.8 Å². The average molecular weight is 535 g/mol. The summed E-state index contributed by atoms with van der Waals surface area (Å²) in [5.74, 6) is 0.534. The van der Waals surface area contributed by atoms with Crippen molar-refractivity contribution in [3.05, 3.63) is 124 Å². The highest BCUT2D eigenvalue weighted by Gasteiger charge is 2.17. The number of carbonyl (C=O) groups is 2. The van der Waals surface area contributed by atoms with E-state index in [1.165, 1.54) is 24.3 Å². The Hall–Kier alpha value is -5.57. The second-order valence-corrected chi connectivity index (χ2v) is 8.68. The van der Waals surface area contributed by atoms with Gasteiger partial charge in [0.25, 0.3) is 5.69 Å². The summed E-state index contributed by atoms with van der Waals surface area (Å²) in [4.78, 5) is 40.9. The molecule has 5 rings (SSSR count). The van der Waals surface area contributed by atoms with E-state index in [0.29, 0.717) is 45.0 Å². The van der Waals surface area contributed by atoms with Crippen molar-refractivity contribution in [2.75, 3.05) is 13.7 Å². The van der Waals surface area contributed by atoms with Crippen LogP contribution in [0.25, 0.3) is 22.2 Å². The molecule has 0 amide bonds. The summed E-state index contributed by atoms with van der Waals surface area (Å²) in [5, 5.41) is 11.4. The molecule has 1 heterocycles. The Kier molecular flexibility index (Phi) is 7.45. The second kappa shape index (κ2) is 11.4. The minimum Gasteiger partial charge on any atom is -0.497 e. The van der Waals surface area contributed by atoms with Crippen LogP contribution in [-0.4, -0.2) is 35.4 Å². The number of hydrogen-bond donors (Lipinski definition) is 0. The number of non-ortho nitro benzene ring substituents is 1. The van der Waals surface area contributed by atoms with Crippen LogP contribution >= 0.6 is 0 Å². The Morgan fingerprint density at radius 1 is 0.825 bits per heavy atom. The van der Waals surface area contributed by atoms with E-state index in [1.807, 2.05) is 36.4 Å². The number of pyridine rings is 1. The van der Waals surface area contributed by atoms with Crippen molar-refractivity contribution >= 4 is 28.3 Å². The predicted octanol–water partition coefficient (Wildman–Crippen LogP) is 6.65. The Morgan fingerprint density at radius 3 is 2.10 bits per heavy atom. The highest BCUT2D eigenvalue weighted by atomic mass is 16.6. The fraction of sp³-hybridized carbons (Fsp3) is 0.0645. The molecule has 0 aliphatic rings. The minimum absolute atomic E-state index is 0.0421. The van der Waals surface area contributed by atoms with E-state index in [0.717, 1.165) is 5.56 Å². The molecule has 0 fully saturated rings. The number of rotatable bonds is 9. The van der Waals surface area contributed by atoms with E-state index < -0.39 is 17.5 Å². The maximum Gasteiger partial charge on any atom is 0.339 e. The van der Waals surface area contributed by atoms with Gasteiger partial charge in [-0.25, -0.2) is 9.78 Å². The number of aromatic nitrogens is 1. The first-order valence-corrected chi connectivity index (χ1v) is 12.2. The van der Waals surface area contributed by atoms with Crippen LogP contribution in [0.3, 0.4) is 0 Å². The predicted molar refractivity (Wildman–Crippen MR) is 148 cm³/mol. The normalized spacial score (nSPS) is 10.6. The van der Waals surface area contributed by atoms with Crippen molar-refractivity contribution < 1.29 is 28.7 Å². The molecule has 5 aromatic rings. The number of ketones is 1. The molecule has 40 heavy (non-hydrogen) atoms. The Labute approximate surface area is 228 Å². The zero-order valence-corrected chi connectivity index (χ0v) is 21.3. The molecule has 4 aromatic carbocycles. The quantitative estimate of drug-likeness (QED) is 0.0893. The highest BCUT2D eigenvalue weighted by Crippen LogP contribution is 2.27. The number of hydrogen-bond acceptors (Lipinski definition) is 8. The molecule has 0 aliphatic carbocycles. The molecule has 0 unspecified atom stereocenters. The highest BCUT2D eigenvalue weighted by molar-refractivity contribution is 6.06. The molecule has 1 aromatic heterocycles. The number of Topliss-reactive ketones (excluding diaryl/α,β-unsaturated/α-hetero) is 1. The van der Waals surface area contributed by atoms with E-state index >= 15 is 0 Å². The third-order valence-corrected chi connectivity index (χ3v) is 6.12.